The molecule has 0 N–H and O–H groups in total. The molecule has 0 unspecified atom stereocenters. The number of rotatable bonds is 5. The van der Waals surface area contributed by atoms with Crippen LogP contribution in [0.15, 0.2) is 30.6 Å². The fraction of sp³-hybridized carbons (Fsp3) is 0.286. The second-order valence-corrected chi connectivity index (χ2v) is 4.39. The summed E-state index contributed by atoms with van der Waals surface area (Å²) in [6, 6.07) is 4.82. The van der Waals surface area contributed by atoms with Crippen LogP contribution in [0.1, 0.15) is 25.3 Å². The zero-order valence-corrected chi connectivity index (χ0v) is 10.6. The Morgan fingerprint density at radius 1 is 1.32 bits per heavy atom. The summed E-state index contributed by atoms with van der Waals surface area (Å²) in [6.07, 6.45) is 4.71. The number of non-ortho nitro benzene ring substituents is 1. The lowest BCUT2D eigenvalue weighted by Gasteiger charge is -2.06. The minimum atomic E-state index is -0.429. The number of hydrogen-bond donors (Lipinski definition) is 0. The molecule has 0 saturated heterocycles. The molecule has 19 heavy (non-hydrogen) atoms. The molecule has 0 aliphatic heterocycles. The number of nitro benzene ring substituents is 1. The van der Waals surface area contributed by atoms with Gasteiger partial charge in [0.1, 0.15) is 5.78 Å². The average molecular weight is 258 g/mol. The molecule has 1 heterocycles. The van der Waals surface area contributed by atoms with Gasteiger partial charge in [0.05, 0.1) is 10.3 Å². The largest absolute Gasteiger partial charge is 0.299 e. The van der Waals surface area contributed by atoms with Gasteiger partial charge < -0.3 is 0 Å². The van der Waals surface area contributed by atoms with Crippen LogP contribution < -0.4 is 0 Å². The lowest BCUT2D eigenvalue weighted by molar-refractivity contribution is -0.383. The first kappa shape index (κ1) is 13.1. The molecule has 0 radical (unpaired) electrons. The number of fused-ring (bicyclic) bond motifs is 1. The third kappa shape index (κ3) is 2.76. The van der Waals surface area contributed by atoms with Crippen molar-refractivity contribution < 1.29 is 9.72 Å². The number of nitro groups is 1. The van der Waals surface area contributed by atoms with E-state index in [0.29, 0.717) is 18.2 Å². The van der Waals surface area contributed by atoms with Crippen molar-refractivity contribution in [1.29, 1.82) is 0 Å². The number of Topliss-reactive ketones (excluding diaryl/α,β-unsaturated/α-hetero) is 1. The average Bonchev–Trinajstić information content (AvgIpc) is 2.39. The van der Waals surface area contributed by atoms with Crippen LogP contribution in [0.4, 0.5) is 5.69 Å². The summed E-state index contributed by atoms with van der Waals surface area (Å²) in [5, 5.41) is 12.2. The van der Waals surface area contributed by atoms with E-state index in [9.17, 15) is 14.9 Å². The van der Waals surface area contributed by atoms with Crippen LogP contribution in [0.25, 0.3) is 10.8 Å². The first-order valence-electron chi connectivity index (χ1n) is 6.15. The minimum absolute atomic E-state index is 0.0230. The Hall–Kier alpha value is -2.30. The third-order valence-electron chi connectivity index (χ3n) is 3.00. The zero-order valence-electron chi connectivity index (χ0n) is 10.6. The number of aromatic nitrogens is 1. The van der Waals surface area contributed by atoms with E-state index in [1.807, 2.05) is 6.92 Å². The molecule has 0 aliphatic rings. The van der Waals surface area contributed by atoms with Gasteiger partial charge >= 0.3 is 0 Å². The second kappa shape index (κ2) is 5.56. The summed E-state index contributed by atoms with van der Waals surface area (Å²) in [6.45, 7) is 1.95. The Morgan fingerprint density at radius 3 is 2.79 bits per heavy atom. The number of benzene rings is 1. The van der Waals surface area contributed by atoms with Crippen molar-refractivity contribution >= 4 is 22.2 Å². The van der Waals surface area contributed by atoms with E-state index >= 15 is 0 Å². The summed E-state index contributed by atoms with van der Waals surface area (Å²) < 4.78 is 0. The van der Waals surface area contributed by atoms with Gasteiger partial charge in [-0.2, -0.15) is 0 Å². The Bertz CT molecular complexity index is 638. The molecule has 0 atom stereocenters. The predicted molar refractivity (Wildman–Crippen MR) is 72.0 cm³/mol. The molecule has 2 aromatic rings. The highest BCUT2D eigenvalue weighted by Crippen LogP contribution is 2.28. The van der Waals surface area contributed by atoms with Gasteiger partial charge in [-0.15, -0.1) is 0 Å². The van der Waals surface area contributed by atoms with Crippen LogP contribution in [0.3, 0.4) is 0 Å². The maximum absolute atomic E-state index is 11.7. The fourth-order valence-corrected chi connectivity index (χ4v) is 2.13. The number of ketones is 1. The van der Waals surface area contributed by atoms with E-state index in [0.717, 1.165) is 17.4 Å². The topological polar surface area (TPSA) is 73.1 Å². The third-order valence-corrected chi connectivity index (χ3v) is 3.00. The van der Waals surface area contributed by atoms with Gasteiger partial charge in [-0.05, 0) is 23.4 Å². The highest BCUT2D eigenvalue weighted by Gasteiger charge is 2.15. The van der Waals surface area contributed by atoms with Gasteiger partial charge in [0.25, 0.3) is 5.69 Å². The van der Waals surface area contributed by atoms with Gasteiger partial charge in [0, 0.05) is 31.3 Å². The Kier molecular flexibility index (Phi) is 3.85. The van der Waals surface area contributed by atoms with Crippen molar-refractivity contribution in [2.75, 3.05) is 0 Å². The molecule has 0 bridgehead atoms. The summed E-state index contributed by atoms with van der Waals surface area (Å²) in [4.78, 5) is 26.2. The molecule has 0 aliphatic carbocycles. The monoisotopic (exact) mass is 258 g/mol. The summed E-state index contributed by atoms with van der Waals surface area (Å²) in [5.41, 5.74) is 0.844. The van der Waals surface area contributed by atoms with Gasteiger partial charge in [0.15, 0.2) is 0 Å². The van der Waals surface area contributed by atoms with E-state index < -0.39 is 4.92 Å². The molecule has 0 saturated carbocycles. The highest BCUT2D eigenvalue weighted by atomic mass is 16.6. The zero-order chi connectivity index (χ0) is 13.8. The molecule has 98 valence electrons. The maximum atomic E-state index is 11.7. The van der Waals surface area contributed by atoms with E-state index in [4.69, 9.17) is 0 Å². The molecular formula is C14H14N2O3. The summed E-state index contributed by atoms with van der Waals surface area (Å²) >= 11 is 0. The predicted octanol–water partition coefficient (Wildman–Crippen LogP) is 3.05. The van der Waals surface area contributed by atoms with Crippen molar-refractivity contribution in [2.24, 2.45) is 0 Å². The molecule has 0 fully saturated rings. The number of nitrogens with zero attached hydrogens (tertiary/aromatic N) is 2. The van der Waals surface area contributed by atoms with Crippen molar-refractivity contribution in [3.05, 3.63) is 46.3 Å². The minimum Gasteiger partial charge on any atom is -0.299 e. The summed E-state index contributed by atoms with van der Waals surface area (Å²) in [7, 11) is 0. The van der Waals surface area contributed by atoms with Crippen LogP contribution >= 0.6 is 0 Å². The standard InChI is InChI=1S/C14H14N2O3/c1-2-3-11(17)8-10-4-5-14(16(18)19)13-9-15-7-6-12(10)13/h4-7,9H,2-3,8H2,1H3. The molecule has 5 nitrogen and oxygen atoms in total. The molecule has 1 aromatic carbocycles. The first-order valence-corrected chi connectivity index (χ1v) is 6.15. The van der Waals surface area contributed by atoms with E-state index in [1.165, 1.54) is 12.3 Å². The number of hydrogen-bond acceptors (Lipinski definition) is 4. The molecule has 0 spiro atoms. The number of carbonyl (C=O) groups excluding carboxylic acids is 1. The van der Waals surface area contributed by atoms with Crippen molar-refractivity contribution in [1.82, 2.24) is 4.98 Å². The second-order valence-electron chi connectivity index (χ2n) is 4.39. The lowest BCUT2D eigenvalue weighted by Crippen LogP contribution is -2.03. The maximum Gasteiger partial charge on any atom is 0.278 e. The highest BCUT2D eigenvalue weighted by molar-refractivity contribution is 5.95. The van der Waals surface area contributed by atoms with E-state index in [1.54, 1.807) is 18.3 Å². The number of carbonyl (C=O) groups is 1. The Morgan fingerprint density at radius 2 is 2.11 bits per heavy atom. The molecule has 5 heteroatoms. The van der Waals surface area contributed by atoms with Crippen LogP contribution in [-0.2, 0) is 11.2 Å². The van der Waals surface area contributed by atoms with Crippen LogP contribution in [0, 0.1) is 10.1 Å². The normalized spacial score (nSPS) is 10.6. The van der Waals surface area contributed by atoms with Crippen LogP contribution in [-0.4, -0.2) is 15.7 Å². The fourth-order valence-electron chi connectivity index (χ4n) is 2.13. The molecular weight excluding hydrogens is 244 g/mol. The van der Waals surface area contributed by atoms with Crippen molar-refractivity contribution in [3.8, 4) is 0 Å². The quantitative estimate of drug-likeness (QED) is 0.610. The van der Waals surface area contributed by atoms with Gasteiger partial charge in [0.2, 0.25) is 0 Å². The van der Waals surface area contributed by atoms with Crippen LogP contribution in [0.5, 0.6) is 0 Å². The van der Waals surface area contributed by atoms with Gasteiger partial charge in [-0.1, -0.05) is 13.0 Å². The van der Waals surface area contributed by atoms with Crippen molar-refractivity contribution in [3.63, 3.8) is 0 Å². The van der Waals surface area contributed by atoms with Crippen LogP contribution in [0.2, 0.25) is 0 Å². The molecule has 1 aromatic heterocycles. The Labute approximate surface area is 110 Å². The smallest absolute Gasteiger partial charge is 0.278 e. The first-order chi connectivity index (χ1) is 9.13. The van der Waals surface area contributed by atoms with Crippen molar-refractivity contribution in [2.45, 2.75) is 26.2 Å². The number of pyridine rings is 1. The molecule has 2 rings (SSSR count). The van der Waals surface area contributed by atoms with E-state index in [2.05, 4.69) is 4.98 Å². The van der Waals surface area contributed by atoms with Gasteiger partial charge in [-0.25, -0.2) is 0 Å². The molecule has 0 amide bonds. The lowest BCUT2D eigenvalue weighted by atomic mass is 9.99. The SMILES string of the molecule is CCCC(=O)Cc1ccc([N+](=O)[O-])c2cnccc12. The van der Waals surface area contributed by atoms with Gasteiger partial charge in [-0.3, -0.25) is 19.9 Å². The summed E-state index contributed by atoms with van der Waals surface area (Å²) in [5.74, 6) is 0.148. The van der Waals surface area contributed by atoms with E-state index in [-0.39, 0.29) is 11.5 Å². The Balaban J connectivity index is 2.49.